The molecule has 0 atom stereocenters. The molecule has 1 spiro atoms. The van der Waals surface area contributed by atoms with Gasteiger partial charge in [-0.05, 0) is 66.6 Å². The van der Waals surface area contributed by atoms with E-state index in [2.05, 4.69) is 42.3 Å². The topological polar surface area (TPSA) is 45.5 Å². The molecular formula is C27H26N2O2. The van der Waals surface area contributed by atoms with Crippen LogP contribution in [0.3, 0.4) is 0 Å². The standard InChI is InChI=1S/C27H26N2O2/c1-2-20-9-12-24-23(18-20)27(19-28-24)14-16-29(17-15-27)26(30)25-13-11-22(31-25)10-8-21-6-4-3-5-7-21/h3-7,9,11-13,18,28H,2,14-17,19H2,1H3. The molecule has 1 fully saturated rings. The number of anilines is 1. The highest BCUT2D eigenvalue weighted by atomic mass is 16.3. The Morgan fingerprint density at radius 1 is 1.06 bits per heavy atom. The highest BCUT2D eigenvalue weighted by Crippen LogP contribution is 2.44. The van der Waals surface area contributed by atoms with E-state index in [0.717, 1.165) is 44.5 Å². The van der Waals surface area contributed by atoms with Crippen molar-refractivity contribution in [2.45, 2.75) is 31.6 Å². The van der Waals surface area contributed by atoms with Gasteiger partial charge in [0.25, 0.3) is 5.91 Å². The summed E-state index contributed by atoms with van der Waals surface area (Å²) in [6.07, 6.45) is 2.97. The van der Waals surface area contributed by atoms with E-state index in [4.69, 9.17) is 4.42 Å². The van der Waals surface area contributed by atoms with Crippen LogP contribution in [-0.2, 0) is 11.8 Å². The molecule has 0 unspecified atom stereocenters. The molecule has 3 heterocycles. The molecule has 31 heavy (non-hydrogen) atoms. The first-order chi connectivity index (χ1) is 15.2. The molecule has 5 rings (SSSR count). The van der Waals surface area contributed by atoms with Gasteiger partial charge in [-0.1, -0.05) is 43.2 Å². The first-order valence-corrected chi connectivity index (χ1v) is 11.0. The van der Waals surface area contributed by atoms with Gasteiger partial charge in [-0.2, -0.15) is 0 Å². The number of likely N-dealkylation sites (tertiary alicyclic amines) is 1. The predicted molar refractivity (Wildman–Crippen MR) is 122 cm³/mol. The van der Waals surface area contributed by atoms with Gasteiger partial charge < -0.3 is 14.6 Å². The average molecular weight is 411 g/mol. The maximum atomic E-state index is 13.0. The lowest BCUT2D eigenvalue weighted by Gasteiger charge is -2.39. The molecule has 2 aromatic carbocycles. The summed E-state index contributed by atoms with van der Waals surface area (Å²) in [4.78, 5) is 14.9. The summed E-state index contributed by atoms with van der Waals surface area (Å²) < 4.78 is 5.75. The van der Waals surface area contributed by atoms with E-state index in [9.17, 15) is 4.79 Å². The number of aryl methyl sites for hydroxylation is 1. The Balaban J connectivity index is 1.27. The third-order valence-electron chi connectivity index (χ3n) is 6.61. The van der Waals surface area contributed by atoms with Gasteiger partial charge in [0, 0.05) is 36.3 Å². The zero-order chi connectivity index (χ0) is 21.3. The molecule has 0 saturated carbocycles. The Kier molecular flexibility index (Phi) is 5.03. The third-order valence-corrected chi connectivity index (χ3v) is 6.61. The molecule has 2 aliphatic rings. The summed E-state index contributed by atoms with van der Waals surface area (Å²) >= 11 is 0. The molecule has 3 aromatic rings. The van der Waals surface area contributed by atoms with Gasteiger partial charge in [-0.25, -0.2) is 0 Å². The van der Waals surface area contributed by atoms with E-state index in [0.29, 0.717) is 11.5 Å². The fraction of sp³-hybridized carbons (Fsp3) is 0.296. The second kappa shape index (κ2) is 8.00. The van der Waals surface area contributed by atoms with Gasteiger partial charge in [0.1, 0.15) is 0 Å². The largest absolute Gasteiger partial charge is 0.443 e. The molecule has 0 aliphatic carbocycles. The second-order valence-electron chi connectivity index (χ2n) is 8.44. The number of hydrogen-bond acceptors (Lipinski definition) is 3. The summed E-state index contributed by atoms with van der Waals surface area (Å²) in [5.41, 5.74) is 5.11. The van der Waals surface area contributed by atoms with E-state index in [1.807, 2.05) is 35.2 Å². The number of hydrogen-bond donors (Lipinski definition) is 1. The van der Waals surface area contributed by atoms with Crippen molar-refractivity contribution in [1.29, 1.82) is 0 Å². The Hall–Kier alpha value is -3.45. The molecule has 0 bridgehead atoms. The second-order valence-corrected chi connectivity index (χ2v) is 8.44. The Bertz CT molecular complexity index is 1160. The Morgan fingerprint density at radius 2 is 1.87 bits per heavy atom. The zero-order valence-corrected chi connectivity index (χ0v) is 17.8. The van der Waals surface area contributed by atoms with Crippen LogP contribution in [0.2, 0.25) is 0 Å². The quantitative estimate of drug-likeness (QED) is 0.615. The molecule has 2 aliphatic heterocycles. The van der Waals surface area contributed by atoms with E-state index in [-0.39, 0.29) is 11.3 Å². The summed E-state index contributed by atoms with van der Waals surface area (Å²) in [7, 11) is 0. The van der Waals surface area contributed by atoms with Crippen molar-refractivity contribution < 1.29 is 9.21 Å². The lowest BCUT2D eigenvalue weighted by molar-refractivity contribution is 0.0644. The molecule has 156 valence electrons. The van der Waals surface area contributed by atoms with Crippen LogP contribution < -0.4 is 5.32 Å². The van der Waals surface area contributed by atoms with E-state index >= 15 is 0 Å². The van der Waals surface area contributed by atoms with Crippen LogP contribution in [-0.4, -0.2) is 30.4 Å². The summed E-state index contributed by atoms with van der Waals surface area (Å²) in [6.45, 7) is 4.63. The van der Waals surface area contributed by atoms with Crippen LogP contribution in [0.4, 0.5) is 5.69 Å². The number of nitrogens with one attached hydrogen (secondary N) is 1. The molecule has 1 saturated heterocycles. The minimum atomic E-state index is -0.0453. The zero-order valence-electron chi connectivity index (χ0n) is 17.8. The van der Waals surface area contributed by atoms with Crippen molar-refractivity contribution in [1.82, 2.24) is 4.90 Å². The van der Waals surface area contributed by atoms with Crippen molar-refractivity contribution in [2.75, 3.05) is 25.0 Å². The maximum absolute atomic E-state index is 13.0. The molecule has 4 heteroatoms. The fourth-order valence-electron chi connectivity index (χ4n) is 4.68. The van der Waals surface area contributed by atoms with E-state index in [1.165, 1.54) is 16.8 Å². The number of carbonyl (C=O) groups is 1. The molecular weight excluding hydrogens is 384 g/mol. The minimum Gasteiger partial charge on any atom is -0.443 e. The van der Waals surface area contributed by atoms with Gasteiger partial charge in [0.15, 0.2) is 11.5 Å². The van der Waals surface area contributed by atoms with Gasteiger partial charge >= 0.3 is 0 Å². The van der Waals surface area contributed by atoms with Crippen LogP contribution in [0.25, 0.3) is 0 Å². The van der Waals surface area contributed by atoms with Crippen LogP contribution in [0.5, 0.6) is 0 Å². The molecule has 4 nitrogen and oxygen atoms in total. The number of rotatable bonds is 2. The fourth-order valence-corrected chi connectivity index (χ4v) is 4.68. The van der Waals surface area contributed by atoms with Gasteiger partial charge in [-0.15, -0.1) is 0 Å². The van der Waals surface area contributed by atoms with Gasteiger partial charge in [0.05, 0.1) is 0 Å². The smallest absolute Gasteiger partial charge is 0.289 e. The number of furan rings is 1. The number of fused-ring (bicyclic) bond motifs is 2. The monoisotopic (exact) mass is 410 g/mol. The van der Waals surface area contributed by atoms with Crippen molar-refractivity contribution in [3.05, 3.63) is 88.9 Å². The molecule has 1 aromatic heterocycles. The maximum Gasteiger partial charge on any atom is 0.289 e. The highest BCUT2D eigenvalue weighted by molar-refractivity contribution is 5.91. The molecule has 1 amide bonds. The minimum absolute atomic E-state index is 0.0453. The average Bonchev–Trinajstić information content (AvgIpc) is 3.44. The number of carbonyl (C=O) groups excluding carboxylic acids is 1. The first kappa shape index (κ1) is 19.5. The highest BCUT2D eigenvalue weighted by Gasteiger charge is 2.42. The van der Waals surface area contributed by atoms with Gasteiger partial charge in [0.2, 0.25) is 0 Å². The number of nitrogens with zero attached hydrogens (tertiary/aromatic N) is 1. The van der Waals surface area contributed by atoms with Gasteiger partial charge in [-0.3, -0.25) is 4.79 Å². The van der Waals surface area contributed by atoms with Crippen molar-refractivity contribution in [3.8, 4) is 11.8 Å². The Morgan fingerprint density at radius 3 is 2.65 bits per heavy atom. The Labute approximate surface area is 183 Å². The molecule has 1 N–H and O–H groups in total. The number of benzene rings is 2. The van der Waals surface area contributed by atoms with E-state index in [1.54, 1.807) is 12.1 Å². The first-order valence-electron chi connectivity index (χ1n) is 11.0. The number of amides is 1. The van der Waals surface area contributed by atoms with Crippen LogP contribution >= 0.6 is 0 Å². The van der Waals surface area contributed by atoms with Crippen molar-refractivity contribution in [3.63, 3.8) is 0 Å². The van der Waals surface area contributed by atoms with Crippen molar-refractivity contribution >= 4 is 11.6 Å². The van der Waals surface area contributed by atoms with Crippen LogP contribution in [0.15, 0.2) is 65.1 Å². The van der Waals surface area contributed by atoms with E-state index < -0.39 is 0 Å². The van der Waals surface area contributed by atoms with Crippen LogP contribution in [0.1, 0.15) is 52.8 Å². The third kappa shape index (κ3) is 3.72. The predicted octanol–water partition coefficient (Wildman–Crippen LogP) is 4.84. The lowest BCUT2D eigenvalue weighted by atomic mass is 9.74. The summed E-state index contributed by atoms with van der Waals surface area (Å²) in [5.74, 6) is 6.91. The summed E-state index contributed by atoms with van der Waals surface area (Å²) in [6, 6.07) is 20.0. The summed E-state index contributed by atoms with van der Waals surface area (Å²) in [5, 5.41) is 3.58. The normalized spacial score (nSPS) is 16.4. The lowest BCUT2D eigenvalue weighted by Crippen LogP contribution is -2.46. The van der Waals surface area contributed by atoms with Crippen molar-refractivity contribution in [2.24, 2.45) is 0 Å². The SMILES string of the molecule is CCc1ccc2c(c1)C1(CCN(C(=O)c3ccc(C#Cc4ccccc4)o3)CC1)CN2. The number of piperidine rings is 1. The molecule has 0 radical (unpaired) electrons. The van der Waals surface area contributed by atoms with Crippen LogP contribution in [0, 0.1) is 11.8 Å².